The highest BCUT2D eigenvalue weighted by Gasteiger charge is 2.19. The molecule has 0 saturated carbocycles. The quantitative estimate of drug-likeness (QED) is 0.0262. The van der Waals surface area contributed by atoms with Crippen molar-refractivity contribution >= 4 is 17.9 Å². The van der Waals surface area contributed by atoms with E-state index in [2.05, 4.69) is 93.7 Å². The van der Waals surface area contributed by atoms with Gasteiger partial charge in [0.15, 0.2) is 6.10 Å². The van der Waals surface area contributed by atoms with Crippen molar-refractivity contribution in [3.63, 3.8) is 0 Å². The summed E-state index contributed by atoms with van der Waals surface area (Å²) in [6.45, 7) is 6.56. The molecule has 0 aliphatic heterocycles. The summed E-state index contributed by atoms with van der Waals surface area (Å²) in [5.41, 5.74) is 0. The lowest BCUT2D eigenvalue weighted by Gasteiger charge is -2.18. The molecule has 386 valence electrons. The Morgan fingerprint density at radius 3 is 0.940 bits per heavy atom. The second-order valence-corrected chi connectivity index (χ2v) is 18.8. The molecule has 0 aliphatic carbocycles. The molecule has 0 N–H and O–H groups in total. The van der Waals surface area contributed by atoms with Crippen LogP contribution in [0.15, 0.2) is 72.9 Å². The number of carbonyl (C=O) groups is 3. The molecule has 0 heterocycles. The Morgan fingerprint density at radius 1 is 0.299 bits per heavy atom. The van der Waals surface area contributed by atoms with E-state index < -0.39 is 6.10 Å². The molecule has 0 rings (SSSR count). The van der Waals surface area contributed by atoms with E-state index in [1.807, 2.05) is 0 Å². The zero-order valence-electron chi connectivity index (χ0n) is 44.2. The molecule has 0 unspecified atom stereocenters. The van der Waals surface area contributed by atoms with E-state index in [0.29, 0.717) is 19.3 Å². The van der Waals surface area contributed by atoms with Gasteiger partial charge >= 0.3 is 17.9 Å². The third kappa shape index (κ3) is 53.7. The Kier molecular flexibility index (Phi) is 52.8. The van der Waals surface area contributed by atoms with Crippen molar-refractivity contribution in [2.75, 3.05) is 13.2 Å². The summed E-state index contributed by atoms with van der Waals surface area (Å²) in [5, 5.41) is 0. The van der Waals surface area contributed by atoms with E-state index in [4.69, 9.17) is 14.2 Å². The van der Waals surface area contributed by atoms with Crippen LogP contribution < -0.4 is 0 Å². The summed E-state index contributed by atoms with van der Waals surface area (Å²) in [5.74, 6) is -0.967. The van der Waals surface area contributed by atoms with Gasteiger partial charge in [-0.05, 0) is 109 Å². The molecular weight excluding hydrogens is 829 g/mol. The van der Waals surface area contributed by atoms with Gasteiger partial charge in [-0.3, -0.25) is 14.4 Å². The van der Waals surface area contributed by atoms with Crippen LogP contribution in [0, 0.1) is 0 Å². The van der Waals surface area contributed by atoms with Gasteiger partial charge in [0.05, 0.1) is 0 Å². The van der Waals surface area contributed by atoms with Crippen LogP contribution in [0.25, 0.3) is 0 Å². The molecule has 0 aliphatic rings. The summed E-state index contributed by atoms with van der Waals surface area (Å²) in [6, 6.07) is 0. The topological polar surface area (TPSA) is 78.9 Å². The van der Waals surface area contributed by atoms with Crippen LogP contribution in [0.1, 0.15) is 278 Å². The number of carbonyl (C=O) groups excluding carboxylic acids is 3. The lowest BCUT2D eigenvalue weighted by Crippen LogP contribution is -2.30. The van der Waals surface area contributed by atoms with Crippen LogP contribution in [-0.4, -0.2) is 37.2 Å². The summed E-state index contributed by atoms with van der Waals surface area (Å²) >= 11 is 0. The predicted octanol–water partition coefficient (Wildman–Crippen LogP) is 19.0. The maximum atomic E-state index is 12.8. The standard InChI is InChI=1S/C61H106O6/c1-4-7-10-13-16-19-22-25-28-31-34-36-39-42-45-48-51-54-60(63)66-57-58(67-61(64)55-52-49-46-43-40-37-33-30-27-24-21-18-15-12-9-6-3)56-65-59(62)53-50-47-44-41-38-35-32-29-26-23-20-17-14-11-8-5-2/h16,19,25,28-30,32-34,36,42,45,58H,4-15,17-18,20-24,26-27,31,35,37-41,43-44,46-57H2,1-3H3/b19-16-,28-25-,32-29-,33-30-,36-34-,45-42-/t58-/m1/s1. The minimum atomic E-state index is -0.805. The SMILES string of the molecule is CCCCC/C=C\C/C=C\C/C=C\C/C=C\CCCC(=O)OC[C@@H](COC(=O)CCCCCCC/C=C\CCCCCCCCC)OC(=O)CCCCCCC/C=C\CCCCCCCCC. The van der Waals surface area contributed by atoms with E-state index >= 15 is 0 Å². The molecule has 6 heteroatoms. The van der Waals surface area contributed by atoms with E-state index in [1.54, 1.807) is 0 Å². The molecule has 0 aromatic heterocycles. The fraction of sp³-hybridized carbons (Fsp3) is 0.754. The molecule has 0 amide bonds. The zero-order chi connectivity index (χ0) is 48.6. The van der Waals surface area contributed by atoms with Gasteiger partial charge in [-0.15, -0.1) is 0 Å². The first-order valence-electron chi connectivity index (χ1n) is 28.4. The van der Waals surface area contributed by atoms with Crippen molar-refractivity contribution in [3.8, 4) is 0 Å². The minimum absolute atomic E-state index is 0.0995. The Morgan fingerprint density at radius 2 is 0.552 bits per heavy atom. The van der Waals surface area contributed by atoms with Gasteiger partial charge in [-0.2, -0.15) is 0 Å². The van der Waals surface area contributed by atoms with Crippen molar-refractivity contribution in [2.45, 2.75) is 284 Å². The van der Waals surface area contributed by atoms with E-state index in [9.17, 15) is 14.4 Å². The number of unbranched alkanes of at least 4 members (excludes halogenated alkanes) is 28. The van der Waals surface area contributed by atoms with Crippen LogP contribution in [0.3, 0.4) is 0 Å². The van der Waals surface area contributed by atoms with Crippen molar-refractivity contribution in [1.29, 1.82) is 0 Å². The maximum Gasteiger partial charge on any atom is 0.306 e. The van der Waals surface area contributed by atoms with E-state index in [1.165, 1.54) is 148 Å². The second kappa shape index (κ2) is 55.4. The molecule has 0 aromatic carbocycles. The lowest BCUT2D eigenvalue weighted by molar-refractivity contribution is -0.167. The van der Waals surface area contributed by atoms with Crippen molar-refractivity contribution < 1.29 is 28.6 Å². The Labute approximate surface area is 414 Å². The van der Waals surface area contributed by atoms with Crippen molar-refractivity contribution in [1.82, 2.24) is 0 Å². The fourth-order valence-corrected chi connectivity index (χ4v) is 7.84. The summed E-state index contributed by atoms with van der Waals surface area (Å²) in [6.07, 6.45) is 70.3. The second-order valence-electron chi connectivity index (χ2n) is 18.8. The highest BCUT2D eigenvalue weighted by atomic mass is 16.6. The van der Waals surface area contributed by atoms with Gasteiger partial charge < -0.3 is 14.2 Å². The van der Waals surface area contributed by atoms with Crippen LogP contribution in [0.5, 0.6) is 0 Å². The third-order valence-corrected chi connectivity index (χ3v) is 12.2. The highest BCUT2D eigenvalue weighted by molar-refractivity contribution is 5.71. The third-order valence-electron chi connectivity index (χ3n) is 12.2. The first-order valence-corrected chi connectivity index (χ1v) is 28.4. The Hall–Kier alpha value is -3.15. The molecular formula is C61H106O6. The van der Waals surface area contributed by atoms with Crippen LogP contribution in [0.2, 0.25) is 0 Å². The molecule has 1 atom stereocenters. The minimum Gasteiger partial charge on any atom is -0.462 e. The summed E-state index contributed by atoms with van der Waals surface area (Å²) in [4.78, 5) is 38.1. The van der Waals surface area contributed by atoms with Crippen LogP contribution >= 0.6 is 0 Å². The summed E-state index contributed by atoms with van der Waals surface area (Å²) in [7, 11) is 0. The van der Waals surface area contributed by atoms with E-state index in [0.717, 1.165) is 83.5 Å². The monoisotopic (exact) mass is 935 g/mol. The summed E-state index contributed by atoms with van der Waals surface area (Å²) < 4.78 is 16.8. The molecule has 0 fully saturated rings. The molecule has 0 radical (unpaired) electrons. The molecule has 0 bridgehead atoms. The van der Waals surface area contributed by atoms with Gasteiger partial charge in [0.1, 0.15) is 13.2 Å². The van der Waals surface area contributed by atoms with Gasteiger partial charge in [0.2, 0.25) is 0 Å². The van der Waals surface area contributed by atoms with Crippen LogP contribution in [0.4, 0.5) is 0 Å². The first kappa shape index (κ1) is 63.8. The molecule has 0 spiro atoms. The predicted molar refractivity (Wildman–Crippen MR) is 288 cm³/mol. The smallest absolute Gasteiger partial charge is 0.306 e. The number of allylic oxidation sites excluding steroid dienone is 12. The number of hydrogen-bond donors (Lipinski definition) is 0. The van der Waals surface area contributed by atoms with Crippen molar-refractivity contribution in [2.24, 2.45) is 0 Å². The number of esters is 3. The molecule has 0 aromatic rings. The van der Waals surface area contributed by atoms with E-state index in [-0.39, 0.29) is 37.5 Å². The fourth-order valence-electron chi connectivity index (χ4n) is 7.84. The maximum absolute atomic E-state index is 12.8. The Bertz CT molecular complexity index is 1260. The lowest BCUT2D eigenvalue weighted by atomic mass is 10.1. The normalized spacial score (nSPS) is 12.6. The number of rotatable bonds is 51. The van der Waals surface area contributed by atoms with Crippen molar-refractivity contribution in [3.05, 3.63) is 72.9 Å². The van der Waals surface area contributed by atoms with Gasteiger partial charge in [-0.1, -0.05) is 222 Å². The van der Waals surface area contributed by atoms with Gasteiger partial charge in [0, 0.05) is 19.3 Å². The number of ether oxygens (including phenoxy) is 3. The van der Waals surface area contributed by atoms with Crippen LogP contribution in [-0.2, 0) is 28.6 Å². The molecule has 6 nitrogen and oxygen atoms in total. The largest absolute Gasteiger partial charge is 0.462 e. The average molecular weight is 936 g/mol. The highest BCUT2D eigenvalue weighted by Crippen LogP contribution is 2.14. The molecule has 0 saturated heterocycles. The first-order chi connectivity index (χ1) is 33.0. The Balaban J connectivity index is 4.48. The van der Waals surface area contributed by atoms with Gasteiger partial charge in [-0.25, -0.2) is 0 Å². The zero-order valence-corrected chi connectivity index (χ0v) is 44.2. The number of hydrogen-bond acceptors (Lipinski definition) is 6. The van der Waals surface area contributed by atoms with Gasteiger partial charge in [0.25, 0.3) is 0 Å². The molecule has 67 heavy (non-hydrogen) atoms. The average Bonchev–Trinajstić information content (AvgIpc) is 3.33.